The van der Waals surface area contributed by atoms with E-state index < -0.39 is 0 Å². The Morgan fingerprint density at radius 3 is 2.33 bits per heavy atom. The summed E-state index contributed by atoms with van der Waals surface area (Å²) in [7, 11) is 0. The third kappa shape index (κ3) is 2.54. The Bertz CT molecular complexity index is 26.7. The van der Waals surface area contributed by atoms with Crippen molar-refractivity contribution in [2.75, 3.05) is 0 Å². The maximum Gasteiger partial charge on any atom is 0.0688 e. The Balaban J connectivity index is 2.75. The molecule has 1 unspecified atom stereocenters. The van der Waals surface area contributed by atoms with Gasteiger partial charge in [0.25, 0.3) is 0 Å². The summed E-state index contributed by atoms with van der Waals surface area (Å²) in [4.78, 5) is 0. The molecule has 0 heterocycles. The maximum atomic E-state index is 4.59. The van der Waals surface area contributed by atoms with Crippen LogP contribution in [0.4, 0.5) is 0 Å². The highest BCUT2D eigenvalue weighted by molar-refractivity contribution is 7.75. The van der Waals surface area contributed by atoms with Crippen LogP contribution in [-0.2, 0) is 4.18 Å². The molecule has 0 aliphatic carbocycles. The minimum absolute atomic E-state index is 0.299. The highest BCUT2D eigenvalue weighted by Crippen LogP contribution is 1.95. The van der Waals surface area contributed by atoms with E-state index in [1.54, 1.807) is 0 Å². The summed E-state index contributed by atoms with van der Waals surface area (Å²) in [5.74, 6) is 0. The molecule has 0 spiro atoms. The zero-order valence-corrected chi connectivity index (χ0v) is 5.03. The van der Waals surface area contributed by atoms with Gasteiger partial charge < -0.3 is 4.18 Å². The van der Waals surface area contributed by atoms with Crippen molar-refractivity contribution >= 4 is 12.9 Å². The Kier molecular flexibility index (Phi) is 3.68. The maximum absolute atomic E-state index is 4.59. The van der Waals surface area contributed by atoms with Gasteiger partial charge in [0, 0.05) is 0 Å². The van der Waals surface area contributed by atoms with Gasteiger partial charge in [0.2, 0.25) is 0 Å². The minimum Gasteiger partial charge on any atom is -0.316 e. The molecule has 0 saturated heterocycles. The summed E-state index contributed by atoms with van der Waals surface area (Å²) < 4.78 is 4.59. The lowest BCUT2D eigenvalue weighted by atomic mass is 10.3. The van der Waals surface area contributed by atoms with Gasteiger partial charge in [-0.05, 0) is 26.3 Å². The van der Waals surface area contributed by atoms with Gasteiger partial charge >= 0.3 is 0 Å². The molecule has 0 fully saturated rings. The summed E-state index contributed by atoms with van der Waals surface area (Å²) >= 11 is 3.60. The summed E-state index contributed by atoms with van der Waals surface area (Å²) in [6.07, 6.45) is 1.33. The summed E-state index contributed by atoms with van der Waals surface area (Å²) in [5.41, 5.74) is 0. The second-order valence-electron chi connectivity index (χ2n) is 1.32. The van der Waals surface area contributed by atoms with Crippen LogP contribution >= 0.6 is 12.9 Å². The summed E-state index contributed by atoms with van der Waals surface area (Å²) in [6.45, 7) is 4.04. The molecule has 0 aliphatic heterocycles. The van der Waals surface area contributed by atoms with Gasteiger partial charge in [-0.3, -0.25) is 0 Å². The van der Waals surface area contributed by atoms with E-state index in [2.05, 4.69) is 24.0 Å². The average molecular weight is 106 g/mol. The molecule has 0 rings (SSSR count). The van der Waals surface area contributed by atoms with E-state index in [4.69, 9.17) is 0 Å². The molecule has 0 saturated carbocycles. The number of hydrogen-bond acceptors (Lipinski definition) is 2. The van der Waals surface area contributed by atoms with Crippen LogP contribution in [-0.4, -0.2) is 6.10 Å². The van der Waals surface area contributed by atoms with Crippen molar-refractivity contribution in [2.24, 2.45) is 0 Å². The molecule has 0 amide bonds. The number of hydrogen-bond donors (Lipinski definition) is 1. The van der Waals surface area contributed by atoms with Crippen molar-refractivity contribution in [1.29, 1.82) is 0 Å². The van der Waals surface area contributed by atoms with Crippen LogP contribution in [0.2, 0.25) is 0 Å². The largest absolute Gasteiger partial charge is 0.316 e. The Hall–Kier alpha value is 0.310. The first-order valence-electron chi connectivity index (χ1n) is 2.11. The van der Waals surface area contributed by atoms with E-state index in [1.165, 1.54) is 0 Å². The van der Waals surface area contributed by atoms with E-state index >= 15 is 0 Å². The minimum atomic E-state index is 0.299. The normalized spacial score (nSPS) is 14.5. The zero-order valence-electron chi connectivity index (χ0n) is 4.14. The smallest absolute Gasteiger partial charge is 0.0688 e. The molecular weight excluding hydrogens is 96.1 g/mol. The Labute approximate surface area is 44.3 Å². The molecule has 0 aromatic rings. The van der Waals surface area contributed by atoms with E-state index in [1.807, 2.05) is 6.92 Å². The van der Waals surface area contributed by atoms with Crippen molar-refractivity contribution in [1.82, 2.24) is 0 Å². The monoisotopic (exact) mass is 106 g/mol. The first kappa shape index (κ1) is 6.31. The van der Waals surface area contributed by atoms with Crippen LogP contribution in [0.15, 0.2) is 0 Å². The molecule has 38 valence electrons. The summed E-state index contributed by atoms with van der Waals surface area (Å²) in [5, 5.41) is 0. The second kappa shape index (κ2) is 3.50. The fraction of sp³-hybridized carbons (Fsp3) is 1.00. The SMILES string of the molecule is CCC(C)OS. The molecule has 0 N–H and O–H groups in total. The van der Waals surface area contributed by atoms with Gasteiger partial charge in [-0.1, -0.05) is 6.92 Å². The lowest BCUT2D eigenvalue weighted by Gasteiger charge is -1.99. The van der Waals surface area contributed by atoms with Crippen LogP contribution in [0, 0.1) is 0 Å². The van der Waals surface area contributed by atoms with Gasteiger partial charge in [0.1, 0.15) is 0 Å². The van der Waals surface area contributed by atoms with Crippen LogP contribution in [0.1, 0.15) is 20.3 Å². The van der Waals surface area contributed by atoms with E-state index in [9.17, 15) is 0 Å². The molecule has 6 heavy (non-hydrogen) atoms. The zero-order chi connectivity index (χ0) is 4.99. The van der Waals surface area contributed by atoms with Crippen molar-refractivity contribution in [3.05, 3.63) is 0 Å². The molecule has 0 aromatic carbocycles. The van der Waals surface area contributed by atoms with Crippen LogP contribution in [0.25, 0.3) is 0 Å². The van der Waals surface area contributed by atoms with Crippen molar-refractivity contribution < 1.29 is 4.18 Å². The van der Waals surface area contributed by atoms with Crippen molar-refractivity contribution in [2.45, 2.75) is 26.4 Å². The first-order chi connectivity index (χ1) is 2.81. The standard InChI is InChI=1S/C4H10OS/c1-3-4(2)5-6/h4,6H,3H2,1-2H3. The topological polar surface area (TPSA) is 9.23 Å². The molecule has 2 heteroatoms. The Morgan fingerprint density at radius 1 is 1.83 bits per heavy atom. The number of thiol groups is 1. The fourth-order valence-electron chi connectivity index (χ4n) is 0.0745. The van der Waals surface area contributed by atoms with E-state index in [0.29, 0.717) is 6.10 Å². The molecule has 0 bridgehead atoms. The van der Waals surface area contributed by atoms with E-state index in [-0.39, 0.29) is 0 Å². The predicted octanol–water partition coefficient (Wildman–Crippen LogP) is 1.65. The van der Waals surface area contributed by atoms with Gasteiger partial charge in [0.15, 0.2) is 0 Å². The average Bonchev–Trinajstić information content (AvgIpc) is 1.65. The van der Waals surface area contributed by atoms with E-state index in [0.717, 1.165) is 6.42 Å². The third-order valence-electron chi connectivity index (χ3n) is 0.755. The highest BCUT2D eigenvalue weighted by Gasteiger charge is 1.89. The molecule has 0 aliphatic rings. The Morgan fingerprint density at radius 2 is 2.33 bits per heavy atom. The second-order valence-corrected chi connectivity index (χ2v) is 1.54. The quantitative estimate of drug-likeness (QED) is 0.416. The van der Waals surface area contributed by atoms with Crippen LogP contribution < -0.4 is 0 Å². The van der Waals surface area contributed by atoms with Crippen molar-refractivity contribution in [3.63, 3.8) is 0 Å². The third-order valence-corrected chi connectivity index (χ3v) is 1.11. The lowest BCUT2D eigenvalue weighted by molar-refractivity contribution is 0.265. The molecule has 0 radical (unpaired) electrons. The summed E-state index contributed by atoms with van der Waals surface area (Å²) in [6, 6.07) is 0. The van der Waals surface area contributed by atoms with Crippen molar-refractivity contribution in [3.8, 4) is 0 Å². The molecule has 0 aromatic heterocycles. The highest BCUT2D eigenvalue weighted by atomic mass is 32.1. The van der Waals surface area contributed by atoms with Gasteiger partial charge in [-0.2, -0.15) is 0 Å². The molecular formula is C4H10OS. The fourth-order valence-corrected chi connectivity index (χ4v) is 0.224. The van der Waals surface area contributed by atoms with Gasteiger partial charge in [0.05, 0.1) is 6.10 Å². The van der Waals surface area contributed by atoms with Crippen LogP contribution in [0.3, 0.4) is 0 Å². The molecule has 1 atom stereocenters. The number of rotatable bonds is 2. The molecule has 1 nitrogen and oxygen atoms in total. The first-order valence-corrected chi connectivity index (χ1v) is 2.48. The van der Waals surface area contributed by atoms with Gasteiger partial charge in [-0.25, -0.2) is 0 Å². The van der Waals surface area contributed by atoms with Crippen LogP contribution in [0.5, 0.6) is 0 Å². The predicted molar refractivity (Wildman–Crippen MR) is 29.8 cm³/mol. The lowest BCUT2D eigenvalue weighted by Crippen LogP contribution is -1.96. The van der Waals surface area contributed by atoms with Gasteiger partial charge in [-0.15, -0.1) is 0 Å².